The number of hydrogen-bond donors (Lipinski definition) is 1. The quantitative estimate of drug-likeness (QED) is 0.814. The van der Waals surface area contributed by atoms with E-state index >= 15 is 0 Å². The number of carboxylic acids is 1. The Bertz CT molecular complexity index is 267. The van der Waals surface area contributed by atoms with E-state index in [-0.39, 0.29) is 0 Å². The predicted molar refractivity (Wildman–Crippen MR) is 65.0 cm³/mol. The Morgan fingerprint density at radius 1 is 1.35 bits per heavy atom. The minimum Gasteiger partial charge on any atom is -0.480 e. The molecule has 1 heterocycles. The van der Waals surface area contributed by atoms with Crippen LogP contribution in [0.2, 0.25) is 0 Å². The van der Waals surface area contributed by atoms with Gasteiger partial charge in [0.15, 0.2) is 0 Å². The number of rotatable bonds is 4. The molecule has 1 saturated carbocycles. The highest BCUT2D eigenvalue weighted by molar-refractivity contribution is 5.73. The number of aliphatic carboxylic acids is 1. The standard InChI is InChI=1S/C13H23NO3/c1-17-9-12(13(15)16)14-8-4-6-10-5-2-3-7-11(10)14/h10-12H,2-9H2,1H3,(H,15,16). The van der Waals surface area contributed by atoms with Gasteiger partial charge in [-0.1, -0.05) is 12.8 Å². The number of ether oxygens (including phenoxy) is 1. The molecule has 98 valence electrons. The lowest BCUT2D eigenvalue weighted by Crippen LogP contribution is -2.55. The molecule has 1 aliphatic heterocycles. The first-order chi connectivity index (χ1) is 8.24. The number of nitrogens with zero attached hydrogens (tertiary/aromatic N) is 1. The van der Waals surface area contributed by atoms with Crippen LogP contribution in [0.15, 0.2) is 0 Å². The number of hydrogen-bond acceptors (Lipinski definition) is 3. The van der Waals surface area contributed by atoms with E-state index in [0.29, 0.717) is 12.6 Å². The summed E-state index contributed by atoms with van der Waals surface area (Å²) in [4.78, 5) is 13.5. The van der Waals surface area contributed by atoms with Crippen LogP contribution in [0.5, 0.6) is 0 Å². The minimum atomic E-state index is -0.738. The SMILES string of the molecule is COCC(C(=O)O)N1CCCC2CCCCC21. The number of fused-ring (bicyclic) bond motifs is 1. The molecule has 3 unspecified atom stereocenters. The van der Waals surface area contributed by atoms with Gasteiger partial charge in [0.2, 0.25) is 0 Å². The fourth-order valence-electron chi connectivity index (χ4n) is 3.52. The van der Waals surface area contributed by atoms with Crippen LogP contribution in [0.25, 0.3) is 0 Å². The summed E-state index contributed by atoms with van der Waals surface area (Å²) in [5, 5.41) is 9.33. The van der Waals surface area contributed by atoms with Crippen LogP contribution < -0.4 is 0 Å². The molecule has 17 heavy (non-hydrogen) atoms. The first-order valence-corrected chi connectivity index (χ1v) is 6.71. The maximum atomic E-state index is 11.3. The highest BCUT2D eigenvalue weighted by Gasteiger charge is 2.39. The predicted octanol–water partition coefficient (Wildman–Crippen LogP) is 1.74. The molecular formula is C13H23NO3. The van der Waals surface area contributed by atoms with Crippen LogP contribution in [-0.4, -0.2) is 48.3 Å². The van der Waals surface area contributed by atoms with Crippen molar-refractivity contribution in [3.63, 3.8) is 0 Å². The normalized spacial score (nSPS) is 31.8. The molecule has 1 saturated heterocycles. The van der Waals surface area contributed by atoms with Gasteiger partial charge in [-0.15, -0.1) is 0 Å². The summed E-state index contributed by atoms with van der Waals surface area (Å²) in [6.45, 7) is 1.22. The van der Waals surface area contributed by atoms with Crippen LogP contribution >= 0.6 is 0 Å². The second kappa shape index (κ2) is 5.83. The molecule has 1 aliphatic carbocycles. The second-order valence-electron chi connectivity index (χ2n) is 5.30. The Balaban J connectivity index is 2.08. The summed E-state index contributed by atoms with van der Waals surface area (Å²) < 4.78 is 5.08. The van der Waals surface area contributed by atoms with E-state index < -0.39 is 12.0 Å². The third-order valence-corrected chi connectivity index (χ3v) is 4.30. The number of carbonyl (C=O) groups is 1. The zero-order chi connectivity index (χ0) is 12.3. The average molecular weight is 241 g/mol. The van der Waals surface area contributed by atoms with Crippen molar-refractivity contribution in [2.24, 2.45) is 5.92 Å². The maximum absolute atomic E-state index is 11.3. The summed E-state index contributed by atoms with van der Waals surface area (Å²) in [5.74, 6) is -0.0192. The molecule has 0 aromatic heterocycles. The molecule has 0 aromatic carbocycles. The Morgan fingerprint density at radius 3 is 2.76 bits per heavy atom. The smallest absolute Gasteiger partial charge is 0.323 e. The van der Waals surface area contributed by atoms with Gasteiger partial charge in [0, 0.05) is 13.2 Å². The van der Waals surface area contributed by atoms with E-state index in [1.54, 1.807) is 7.11 Å². The van der Waals surface area contributed by atoms with Crippen LogP contribution in [-0.2, 0) is 9.53 Å². The molecule has 3 atom stereocenters. The summed E-state index contributed by atoms with van der Waals surface area (Å²) in [5.41, 5.74) is 0. The van der Waals surface area contributed by atoms with Crippen molar-refractivity contribution >= 4 is 5.97 Å². The van der Waals surface area contributed by atoms with E-state index in [4.69, 9.17) is 4.74 Å². The number of piperidine rings is 1. The molecule has 0 radical (unpaired) electrons. The molecule has 0 bridgehead atoms. The summed E-state index contributed by atoms with van der Waals surface area (Å²) in [7, 11) is 1.58. The molecule has 2 fully saturated rings. The van der Waals surface area contributed by atoms with Gasteiger partial charge in [0.05, 0.1) is 6.61 Å². The van der Waals surface area contributed by atoms with Gasteiger partial charge in [0.25, 0.3) is 0 Å². The van der Waals surface area contributed by atoms with Gasteiger partial charge in [-0.25, -0.2) is 0 Å². The Kier molecular flexibility index (Phi) is 4.40. The fraction of sp³-hybridized carbons (Fsp3) is 0.923. The molecular weight excluding hydrogens is 218 g/mol. The molecule has 1 N–H and O–H groups in total. The zero-order valence-corrected chi connectivity index (χ0v) is 10.6. The molecule has 0 amide bonds. The van der Waals surface area contributed by atoms with E-state index in [9.17, 15) is 9.90 Å². The van der Waals surface area contributed by atoms with E-state index in [0.717, 1.165) is 25.3 Å². The van der Waals surface area contributed by atoms with Crippen molar-refractivity contribution in [3.05, 3.63) is 0 Å². The minimum absolute atomic E-state index is 0.304. The first-order valence-electron chi connectivity index (χ1n) is 6.71. The van der Waals surface area contributed by atoms with Crippen molar-refractivity contribution in [2.75, 3.05) is 20.3 Å². The lowest BCUT2D eigenvalue weighted by molar-refractivity contribution is -0.149. The van der Waals surface area contributed by atoms with Crippen LogP contribution in [0.3, 0.4) is 0 Å². The topological polar surface area (TPSA) is 49.8 Å². The summed E-state index contributed by atoms with van der Waals surface area (Å²) in [6.07, 6.45) is 7.42. The first kappa shape index (κ1) is 12.8. The number of likely N-dealkylation sites (tertiary alicyclic amines) is 1. The van der Waals surface area contributed by atoms with Gasteiger partial charge in [-0.05, 0) is 38.1 Å². The fourth-order valence-corrected chi connectivity index (χ4v) is 3.52. The molecule has 4 nitrogen and oxygen atoms in total. The highest BCUT2D eigenvalue weighted by Crippen LogP contribution is 2.36. The molecule has 0 spiro atoms. The van der Waals surface area contributed by atoms with E-state index in [1.165, 1.54) is 25.7 Å². The number of carboxylic acid groups (broad SMARTS) is 1. The van der Waals surface area contributed by atoms with E-state index in [2.05, 4.69) is 4.90 Å². The van der Waals surface area contributed by atoms with Crippen molar-refractivity contribution in [1.82, 2.24) is 4.90 Å². The molecule has 2 rings (SSSR count). The van der Waals surface area contributed by atoms with Crippen LogP contribution in [0.1, 0.15) is 38.5 Å². The lowest BCUT2D eigenvalue weighted by Gasteiger charge is -2.46. The maximum Gasteiger partial charge on any atom is 0.323 e. The van der Waals surface area contributed by atoms with Gasteiger partial charge < -0.3 is 9.84 Å². The van der Waals surface area contributed by atoms with Crippen molar-refractivity contribution in [3.8, 4) is 0 Å². The van der Waals surface area contributed by atoms with Gasteiger partial charge in [0.1, 0.15) is 6.04 Å². The third kappa shape index (κ3) is 2.80. The van der Waals surface area contributed by atoms with Gasteiger partial charge in [-0.2, -0.15) is 0 Å². The molecule has 2 aliphatic rings. The summed E-state index contributed by atoms with van der Waals surface area (Å²) in [6, 6.07) is 0.0275. The largest absolute Gasteiger partial charge is 0.480 e. The van der Waals surface area contributed by atoms with E-state index in [1.807, 2.05) is 0 Å². The Morgan fingerprint density at radius 2 is 2.06 bits per heavy atom. The molecule has 0 aromatic rings. The summed E-state index contributed by atoms with van der Waals surface area (Å²) >= 11 is 0. The van der Waals surface area contributed by atoms with Crippen molar-refractivity contribution in [1.29, 1.82) is 0 Å². The van der Waals surface area contributed by atoms with Crippen molar-refractivity contribution in [2.45, 2.75) is 50.6 Å². The molecule has 4 heteroatoms. The van der Waals surface area contributed by atoms with Gasteiger partial charge in [-0.3, -0.25) is 9.69 Å². The lowest BCUT2D eigenvalue weighted by atomic mass is 9.78. The Labute approximate surface area is 103 Å². The highest BCUT2D eigenvalue weighted by atomic mass is 16.5. The van der Waals surface area contributed by atoms with Gasteiger partial charge >= 0.3 is 5.97 Å². The monoisotopic (exact) mass is 241 g/mol. The second-order valence-corrected chi connectivity index (χ2v) is 5.30. The third-order valence-electron chi connectivity index (χ3n) is 4.30. The van der Waals surface area contributed by atoms with Crippen LogP contribution in [0, 0.1) is 5.92 Å². The average Bonchev–Trinajstić information content (AvgIpc) is 2.35. The number of methoxy groups -OCH3 is 1. The van der Waals surface area contributed by atoms with Crippen LogP contribution in [0.4, 0.5) is 0 Å². The Hall–Kier alpha value is -0.610. The zero-order valence-electron chi connectivity index (χ0n) is 10.6. The van der Waals surface area contributed by atoms with Crippen molar-refractivity contribution < 1.29 is 14.6 Å².